The molecule has 0 unspecified atom stereocenters. The first kappa shape index (κ1) is 17.0. The average Bonchev–Trinajstić information content (AvgIpc) is 2.97. The number of rotatable bonds is 4. The van der Waals surface area contributed by atoms with Gasteiger partial charge < -0.3 is 15.5 Å². The lowest BCUT2D eigenvalue weighted by atomic mass is 10.0. The predicted molar refractivity (Wildman–Crippen MR) is 97.9 cm³/mol. The van der Waals surface area contributed by atoms with Gasteiger partial charge in [-0.1, -0.05) is 13.8 Å². The van der Waals surface area contributed by atoms with Crippen LogP contribution in [-0.2, 0) is 17.8 Å². The Balaban J connectivity index is 1.63. The summed E-state index contributed by atoms with van der Waals surface area (Å²) in [6, 6.07) is 5.27. The Morgan fingerprint density at radius 3 is 2.76 bits per heavy atom. The Morgan fingerprint density at radius 2 is 2.00 bits per heavy atom. The van der Waals surface area contributed by atoms with Gasteiger partial charge in [-0.15, -0.1) is 0 Å². The number of aryl methyl sites for hydroxylation is 1. The Bertz CT molecular complexity index is 797. The second kappa shape index (κ2) is 6.96. The van der Waals surface area contributed by atoms with Crippen molar-refractivity contribution in [2.24, 2.45) is 5.92 Å². The molecule has 132 valence electrons. The third kappa shape index (κ3) is 3.99. The Morgan fingerprint density at radius 1 is 1.24 bits per heavy atom. The minimum absolute atomic E-state index is 0.115. The smallest absolute Gasteiger partial charge is 0.315 e. The van der Waals surface area contributed by atoms with Crippen molar-refractivity contribution in [2.75, 3.05) is 22.6 Å². The lowest BCUT2D eigenvalue weighted by molar-refractivity contribution is -0.118. The van der Waals surface area contributed by atoms with Crippen LogP contribution in [0.25, 0.3) is 0 Å². The van der Waals surface area contributed by atoms with Gasteiger partial charge in [0, 0.05) is 37.6 Å². The molecule has 3 amide bonds. The van der Waals surface area contributed by atoms with E-state index < -0.39 is 0 Å². The maximum atomic E-state index is 12.2. The van der Waals surface area contributed by atoms with Gasteiger partial charge in [0.15, 0.2) is 0 Å². The molecule has 1 aliphatic heterocycles. The zero-order valence-electron chi connectivity index (χ0n) is 14.7. The number of hydrogen-bond acceptors (Lipinski definition) is 3. The number of nitrogens with zero attached hydrogens (tertiary/aromatic N) is 3. The topological polar surface area (TPSA) is 79.3 Å². The summed E-state index contributed by atoms with van der Waals surface area (Å²) in [5.74, 6) is 0.603. The van der Waals surface area contributed by atoms with E-state index in [1.807, 2.05) is 23.0 Å². The first-order valence-electron chi connectivity index (χ1n) is 8.42. The van der Waals surface area contributed by atoms with Crippen molar-refractivity contribution in [1.82, 2.24) is 9.78 Å². The van der Waals surface area contributed by atoms with Gasteiger partial charge >= 0.3 is 6.03 Å². The molecular weight excluding hydrogens is 318 g/mol. The van der Waals surface area contributed by atoms with E-state index in [1.165, 1.54) is 0 Å². The molecule has 0 bridgehead atoms. The maximum absolute atomic E-state index is 12.2. The van der Waals surface area contributed by atoms with Gasteiger partial charge in [0.2, 0.25) is 5.91 Å². The summed E-state index contributed by atoms with van der Waals surface area (Å²) in [4.78, 5) is 25.6. The van der Waals surface area contributed by atoms with Crippen LogP contribution in [0.4, 0.5) is 21.9 Å². The van der Waals surface area contributed by atoms with Crippen LogP contribution in [0, 0.1) is 5.92 Å². The fourth-order valence-electron chi connectivity index (χ4n) is 2.93. The van der Waals surface area contributed by atoms with Crippen LogP contribution < -0.4 is 15.5 Å². The van der Waals surface area contributed by atoms with Crippen molar-refractivity contribution < 1.29 is 9.59 Å². The molecule has 0 aliphatic carbocycles. The van der Waals surface area contributed by atoms with Crippen LogP contribution in [0.1, 0.15) is 25.8 Å². The molecule has 1 aromatic carbocycles. The Kier molecular flexibility index (Phi) is 4.74. The van der Waals surface area contributed by atoms with Crippen molar-refractivity contribution >= 4 is 29.0 Å². The number of carbonyl (C=O) groups is 2. The standard InChI is InChI=1S/C18H23N5O2/c1-12(2)10-23-11-15(9-19-23)21-18(25)20-14-5-6-16-13(8-14)4-7-17(24)22(16)3/h5-6,8-9,11-12H,4,7,10H2,1-3H3,(H2,20,21,25). The third-order valence-corrected chi connectivity index (χ3v) is 4.12. The van der Waals surface area contributed by atoms with Crippen LogP contribution in [0.5, 0.6) is 0 Å². The number of aromatic nitrogens is 2. The number of carbonyl (C=O) groups excluding carboxylic acids is 2. The summed E-state index contributed by atoms with van der Waals surface area (Å²) >= 11 is 0. The minimum atomic E-state index is -0.315. The van der Waals surface area contributed by atoms with E-state index in [0.717, 1.165) is 17.8 Å². The van der Waals surface area contributed by atoms with Gasteiger partial charge in [-0.2, -0.15) is 5.10 Å². The summed E-state index contributed by atoms with van der Waals surface area (Å²) in [5.41, 5.74) is 3.32. The third-order valence-electron chi connectivity index (χ3n) is 4.12. The molecular formula is C18H23N5O2. The fourth-order valence-corrected chi connectivity index (χ4v) is 2.93. The molecule has 2 aromatic rings. The van der Waals surface area contributed by atoms with E-state index in [0.29, 0.717) is 30.1 Å². The summed E-state index contributed by atoms with van der Waals surface area (Å²) < 4.78 is 1.81. The van der Waals surface area contributed by atoms with Crippen molar-refractivity contribution in [3.05, 3.63) is 36.2 Å². The molecule has 0 spiro atoms. The monoisotopic (exact) mass is 341 g/mol. The number of hydrogen-bond donors (Lipinski definition) is 2. The van der Waals surface area contributed by atoms with Gasteiger partial charge in [-0.05, 0) is 36.1 Å². The average molecular weight is 341 g/mol. The van der Waals surface area contributed by atoms with E-state index in [9.17, 15) is 9.59 Å². The normalized spacial score (nSPS) is 13.8. The van der Waals surface area contributed by atoms with Crippen LogP contribution in [0.15, 0.2) is 30.6 Å². The van der Waals surface area contributed by atoms with Gasteiger partial charge in [0.1, 0.15) is 0 Å². The van der Waals surface area contributed by atoms with E-state index in [2.05, 4.69) is 29.6 Å². The molecule has 0 saturated heterocycles. The van der Waals surface area contributed by atoms with Gasteiger partial charge in [0.25, 0.3) is 0 Å². The lowest BCUT2D eigenvalue weighted by Gasteiger charge is -2.26. The first-order valence-corrected chi connectivity index (χ1v) is 8.42. The first-order chi connectivity index (χ1) is 11.9. The highest BCUT2D eigenvalue weighted by molar-refractivity contribution is 6.00. The van der Waals surface area contributed by atoms with Gasteiger partial charge in [-0.3, -0.25) is 9.48 Å². The highest BCUT2D eigenvalue weighted by atomic mass is 16.2. The number of amides is 3. The molecule has 0 fully saturated rings. The molecule has 1 aromatic heterocycles. The molecule has 0 atom stereocenters. The highest BCUT2D eigenvalue weighted by Gasteiger charge is 2.21. The van der Waals surface area contributed by atoms with Gasteiger partial charge in [-0.25, -0.2) is 4.79 Å². The number of urea groups is 1. The second-order valence-corrected chi connectivity index (χ2v) is 6.72. The zero-order valence-corrected chi connectivity index (χ0v) is 14.7. The largest absolute Gasteiger partial charge is 0.323 e. The second-order valence-electron chi connectivity index (χ2n) is 6.72. The molecule has 3 rings (SSSR count). The quantitative estimate of drug-likeness (QED) is 0.897. The van der Waals surface area contributed by atoms with Crippen molar-refractivity contribution in [3.8, 4) is 0 Å². The predicted octanol–water partition coefficient (Wildman–Crippen LogP) is 3.09. The Labute approximate surface area is 147 Å². The van der Waals surface area contributed by atoms with Crippen LogP contribution in [0.2, 0.25) is 0 Å². The maximum Gasteiger partial charge on any atom is 0.323 e. The van der Waals surface area contributed by atoms with Crippen LogP contribution in [-0.4, -0.2) is 28.8 Å². The lowest BCUT2D eigenvalue weighted by Crippen LogP contribution is -2.31. The molecule has 25 heavy (non-hydrogen) atoms. The number of anilines is 3. The summed E-state index contributed by atoms with van der Waals surface area (Å²) in [6.07, 6.45) is 4.63. The van der Waals surface area contributed by atoms with Crippen LogP contribution in [0.3, 0.4) is 0 Å². The molecule has 2 heterocycles. The molecule has 1 aliphatic rings. The minimum Gasteiger partial charge on any atom is -0.315 e. The molecule has 7 nitrogen and oxygen atoms in total. The number of benzene rings is 1. The van der Waals surface area contributed by atoms with E-state index >= 15 is 0 Å². The molecule has 0 saturated carbocycles. The highest BCUT2D eigenvalue weighted by Crippen LogP contribution is 2.29. The van der Waals surface area contributed by atoms with Crippen molar-refractivity contribution in [2.45, 2.75) is 33.2 Å². The van der Waals surface area contributed by atoms with Crippen LogP contribution >= 0.6 is 0 Å². The summed E-state index contributed by atoms with van der Waals surface area (Å²) in [6.45, 7) is 5.03. The molecule has 0 radical (unpaired) electrons. The van der Waals surface area contributed by atoms with E-state index in [4.69, 9.17) is 0 Å². The van der Waals surface area contributed by atoms with Gasteiger partial charge in [0.05, 0.1) is 11.9 Å². The summed E-state index contributed by atoms with van der Waals surface area (Å²) in [5, 5.41) is 9.83. The Hall–Kier alpha value is -2.83. The van der Waals surface area contributed by atoms with Crippen molar-refractivity contribution in [1.29, 1.82) is 0 Å². The van der Waals surface area contributed by atoms with E-state index in [1.54, 1.807) is 24.2 Å². The van der Waals surface area contributed by atoms with E-state index in [-0.39, 0.29) is 11.9 Å². The zero-order chi connectivity index (χ0) is 18.0. The SMILES string of the molecule is CC(C)Cn1cc(NC(=O)Nc2ccc3c(c2)CCC(=O)N3C)cn1. The van der Waals surface area contributed by atoms with Crippen molar-refractivity contribution in [3.63, 3.8) is 0 Å². The molecule has 2 N–H and O–H groups in total. The molecule has 7 heteroatoms. The fraction of sp³-hybridized carbons (Fsp3) is 0.389. The number of fused-ring (bicyclic) bond motifs is 1. The number of nitrogens with one attached hydrogen (secondary N) is 2. The summed E-state index contributed by atoms with van der Waals surface area (Å²) in [7, 11) is 1.77.